The van der Waals surface area contributed by atoms with Gasteiger partial charge in [-0.1, -0.05) is 0 Å². The Morgan fingerprint density at radius 1 is 1.35 bits per heavy atom. The van der Waals surface area contributed by atoms with Gasteiger partial charge in [-0.3, -0.25) is 5.43 Å². The number of benzene rings is 1. The van der Waals surface area contributed by atoms with Gasteiger partial charge in [-0.15, -0.1) is 0 Å². The van der Waals surface area contributed by atoms with E-state index in [4.69, 9.17) is 17.0 Å². The fourth-order valence-electron chi connectivity index (χ4n) is 1.13. The highest BCUT2D eigenvalue weighted by Gasteiger charge is 1.96. The first-order valence-corrected chi connectivity index (χ1v) is 5.80. The molecule has 0 spiro atoms. The quantitative estimate of drug-likeness (QED) is 0.487. The molecule has 0 atom stereocenters. The Morgan fingerprint density at radius 3 is 2.53 bits per heavy atom. The fourth-order valence-corrected chi connectivity index (χ4v) is 1.18. The van der Waals surface area contributed by atoms with Gasteiger partial charge in [0.25, 0.3) is 0 Å². The number of nitrogens with zero attached hydrogens (tertiary/aromatic N) is 1. The number of nitrogens with one attached hydrogen (secondary N) is 2. The van der Waals surface area contributed by atoms with E-state index < -0.39 is 0 Å². The summed E-state index contributed by atoms with van der Waals surface area (Å²) in [6.07, 6.45) is 1.88. The molecule has 1 aromatic carbocycles. The van der Waals surface area contributed by atoms with E-state index in [1.807, 2.05) is 38.1 Å². The Morgan fingerprint density at radius 2 is 2.00 bits per heavy atom. The molecule has 1 aromatic rings. The third-order valence-electron chi connectivity index (χ3n) is 1.86. The molecule has 17 heavy (non-hydrogen) atoms. The molecule has 0 saturated heterocycles. The van der Waals surface area contributed by atoms with E-state index in [2.05, 4.69) is 15.8 Å². The lowest BCUT2D eigenvalue weighted by molar-refractivity contribution is 0.242. The lowest BCUT2D eigenvalue weighted by Crippen LogP contribution is -2.28. The second-order valence-corrected chi connectivity index (χ2v) is 4.09. The predicted molar refractivity (Wildman–Crippen MR) is 74.6 cm³/mol. The van der Waals surface area contributed by atoms with Crippen LogP contribution in [0.5, 0.6) is 5.75 Å². The summed E-state index contributed by atoms with van der Waals surface area (Å²) < 4.78 is 5.54. The molecule has 0 aromatic heterocycles. The van der Waals surface area contributed by atoms with E-state index >= 15 is 0 Å². The Labute approximate surface area is 107 Å². The predicted octanol–water partition coefficient (Wildman–Crippen LogP) is 1.90. The molecule has 2 N–H and O–H groups in total. The zero-order valence-electron chi connectivity index (χ0n) is 10.2. The lowest BCUT2D eigenvalue weighted by Gasteiger charge is -2.09. The summed E-state index contributed by atoms with van der Waals surface area (Å²) in [5, 5.41) is 7.24. The zero-order valence-corrected chi connectivity index (χ0v) is 11.0. The fraction of sp³-hybridized carbons (Fsp3) is 0.333. The van der Waals surface area contributed by atoms with E-state index in [-0.39, 0.29) is 6.10 Å². The first-order valence-electron chi connectivity index (χ1n) is 5.39. The van der Waals surface area contributed by atoms with Crippen molar-refractivity contribution in [3.05, 3.63) is 29.8 Å². The minimum absolute atomic E-state index is 0.184. The second-order valence-electron chi connectivity index (χ2n) is 3.68. The molecule has 0 radical (unpaired) electrons. The maximum Gasteiger partial charge on any atom is 0.186 e. The van der Waals surface area contributed by atoms with Crippen molar-refractivity contribution in [2.45, 2.75) is 20.0 Å². The first-order chi connectivity index (χ1) is 8.11. The second kappa shape index (κ2) is 6.85. The topological polar surface area (TPSA) is 45.7 Å². The van der Waals surface area contributed by atoms with E-state index in [9.17, 15) is 0 Å². The average molecular weight is 251 g/mol. The largest absolute Gasteiger partial charge is 0.491 e. The van der Waals surface area contributed by atoms with Gasteiger partial charge in [0.15, 0.2) is 5.11 Å². The molecule has 0 aliphatic rings. The molecule has 0 unspecified atom stereocenters. The summed E-state index contributed by atoms with van der Waals surface area (Å²) >= 11 is 4.88. The number of hydrazone groups is 1. The van der Waals surface area contributed by atoms with E-state index in [0.717, 1.165) is 11.3 Å². The van der Waals surface area contributed by atoms with Crippen molar-refractivity contribution in [2.24, 2.45) is 5.10 Å². The van der Waals surface area contributed by atoms with Crippen molar-refractivity contribution in [1.82, 2.24) is 10.7 Å². The van der Waals surface area contributed by atoms with Crippen LogP contribution in [0, 0.1) is 0 Å². The van der Waals surface area contributed by atoms with E-state index in [0.29, 0.717) is 5.11 Å². The Hall–Kier alpha value is -1.62. The molecule has 0 aliphatic heterocycles. The molecule has 5 heteroatoms. The minimum Gasteiger partial charge on any atom is -0.491 e. The monoisotopic (exact) mass is 251 g/mol. The third kappa shape index (κ3) is 5.31. The van der Waals surface area contributed by atoms with Crippen molar-refractivity contribution in [3.63, 3.8) is 0 Å². The molecule has 0 saturated carbocycles. The van der Waals surface area contributed by atoms with Gasteiger partial charge in [0.05, 0.1) is 12.3 Å². The van der Waals surface area contributed by atoms with Gasteiger partial charge in [-0.25, -0.2) is 0 Å². The van der Waals surface area contributed by atoms with Gasteiger partial charge in [-0.05, 0) is 55.9 Å². The smallest absolute Gasteiger partial charge is 0.186 e. The highest BCUT2D eigenvalue weighted by molar-refractivity contribution is 7.80. The van der Waals surface area contributed by atoms with Gasteiger partial charge in [0, 0.05) is 7.05 Å². The highest BCUT2D eigenvalue weighted by atomic mass is 32.1. The molecule has 0 fully saturated rings. The Kier molecular flexibility index (Phi) is 5.42. The van der Waals surface area contributed by atoms with Gasteiger partial charge in [0.2, 0.25) is 0 Å². The summed E-state index contributed by atoms with van der Waals surface area (Å²) in [4.78, 5) is 0. The number of hydrogen-bond donors (Lipinski definition) is 2. The van der Waals surface area contributed by atoms with Crippen molar-refractivity contribution < 1.29 is 4.74 Å². The maximum atomic E-state index is 5.54. The molecular formula is C12H17N3OS. The van der Waals surface area contributed by atoms with Crippen LogP contribution in [0.2, 0.25) is 0 Å². The number of ether oxygens (including phenoxy) is 1. The van der Waals surface area contributed by atoms with Crippen LogP contribution in [0.3, 0.4) is 0 Å². The van der Waals surface area contributed by atoms with Gasteiger partial charge in [-0.2, -0.15) is 5.10 Å². The highest BCUT2D eigenvalue weighted by Crippen LogP contribution is 2.12. The minimum atomic E-state index is 0.184. The van der Waals surface area contributed by atoms with Crippen molar-refractivity contribution in [2.75, 3.05) is 7.05 Å². The molecule has 0 amide bonds. The van der Waals surface area contributed by atoms with Crippen molar-refractivity contribution in [1.29, 1.82) is 0 Å². The van der Waals surface area contributed by atoms with Crippen molar-refractivity contribution in [3.8, 4) is 5.75 Å². The Balaban J connectivity index is 2.53. The molecule has 1 rings (SSSR count). The molecule has 0 heterocycles. The number of hydrogen-bond acceptors (Lipinski definition) is 3. The van der Waals surface area contributed by atoms with Crippen LogP contribution in [0.4, 0.5) is 0 Å². The van der Waals surface area contributed by atoms with Crippen LogP contribution in [-0.4, -0.2) is 24.5 Å². The third-order valence-corrected chi connectivity index (χ3v) is 2.15. The summed E-state index contributed by atoms with van der Waals surface area (Å²) in [7, 11) is 1.74. The van der Waals surface area contributed by atoms with Crippen LogP contribution in [0.15, 0.2) is 29.4 Å². The van der Waals surface area contributed by atoms with Gasteiger partial charge in [0.1, 0.15) is 5.75 Å². The standard InChI is InChI=1S/C12H17N3OS/c1-9(2)16-11-6-4-10(5-7-11)8-14-15-12(17)13-3/h4-9H,1-3H3,(H2,13,15,17)/b14-8+. The molecule has 0 bridgehead atoms. The van der Waals surface area contributed by atoms with Crippen molar-refractivity contribution >= 4 is 23.5 Å². The molecule has 4 nitrogen and oxygen atoms in total. The summed E-state index contributed by atoms with van der Waals surface area (Å²) in [5.41, 5.74) is 3.67. The maximum absolute atomic E-state index is 5.54. The summed E-state index contributed by atoms with van der Waals surface area (Å²) in [6, 6.07) is 7.70. The molecular weight excluding hydrogens is 234 g/mol. The summed E-state index contributed by atoms with van der Waals surface area (Å²) in [5.74, 6) is 0.857. The normalized spacial score (nSPS) is 10.6. The average Bonchev–Trinajstić information content (AvgIpc) is 2.30. The van der Waals surface area contributed by atoms with Crippen LogP contribution in [0.1, 0.15) is 19.4 Å². The number of thiocarbonyl (C=S) groups is 1. The zero-order chi connectivity index (χ0) is 12.7. The Bertz CT molecular complexity index is 387. The van der Waals surface area contributed by atoms with E-state index in [1.165, 1.54) is 0 Å². The van der Waals surface area contributed by atoms with Crippen LogP contribution in [0.25, 0.3) is 0 Å². The molecule has 0 aliphatic carbocycles. The first kappa shape index (κ1) is 13.4. The van der Waals surface area contributed by atoms with E-state index in [1.54, 1.807) is 13.3 Å². The summed E-state index contributed by atoms with van der Waals surface area (Å²) in [6.45, 7) is 4.00. The van der Waals surface area contributed by atoms with Gasteiger partial charge < -0.3 is 10.1 Å². The lowest BCUT2D eigenvalue weighted by atomic mass is 10.2. The van der Waals surface area contributed by atoms with Crippen LogP contribution >= 0.6 is 12.2 Å². The van der Waals surface area contributed by atoms with Gasteiger partial charge >= 0.3 is 0 Å². The van der Waals surface area contributed by atoms with Crippen LogP contribution in [-0.2, 0) is 0 Å². The molecule has 92 valence electrons. The SMILES string of the molecule is CNC(=S)N/N=C/c1ccc(OC(C)C)cc1. The van der Waals surface area contributed by atoms with Crippen LogP contribution < -0.4 is 15.5 Å². The number of rotatable bonds is 4.